The summed E-state index contributed by atoms with van der Waals surface area (Å²) in [6.45, 7) is 0. The van der Waals surface area contributed by atoms with E-state index in [9.17, 15) is 9.50 Å². The summed E-state index contributed by atoms with van der Waals surface area (Å²) in [7, 11) is 0. The van der Waals surface area contributed by atoms with E-state index in [1.807, 2.05) is 18.2 Å². The number of fused-ring (bicyclic) bond motifs is 2. The van der Waals surface area contributed by atoms with E-state index < -0.39 is 0 Å². The van der Waals surface area contributed by atoms with Crippen molar-refractivity contribution in [1.29, 1.82) is 0 Å². The van der Waals surface area contributed by atoms with Gasteiger partial charge in [-0.25, -0.2) is 14.4 Å². The van der Waals surface area contributed by atoms with Gasteiger partial charge in [-0.15, -0.1) is 0 Å². The third-order valence-electron chi connectivity index (χ3n) is 5.38. The van der Waals surface area contributed by atoms with Crippen LogP contribution in [0.15, 0.2) is 73.2 Å². The van der Waals surface area contributed by atoms with Gasteiger partial charge in [0.1, 0.15) is 28.4 Å². The third kappa shape index (κ3) is 2.89. The molecule has 0 fully saturated rings. The average molecular weight is 422 g/mol. The second-order valence-corrected chi connectivity index (χ2v) is 7.38. The van der Waals surface area contributed by atoms with Gasteiger partial charge in [0, 0.05) is 28.9 Å². The molecule has 6 aromatic rings. The van der Waals surface area contributed by atoms with Crippen molar-refractivity contribution in [2.75, 3.05) is 0 Å². The fourth-order valence-electron chi connectivity index (χ4n) is 3.88. The predicted octanol–water partition coefficient (Wildman–Crippen LogP) is 5.07. The second kappa shape index (κ2) is 6.98. The molecule has 0 amide bonds. The molecule has 0 saturated heterocycles. The van der Waals surface area contributed by atoms with Crippen molar-refractivity contribution in [3.63, 3.8) is 0 Å². The Kier molecular flexibility index (Phi) is 3.97. The number of hydrogen-bond acceptors (Lipinski definition) is 5. The van der Waals surface area contributed by atoms with Crippen LogP contribution in [0.3, 0.4) is 0 Å². The van der Waals surface area contributed by atoms with E-state index in [1.54, 1.807) is 42.7 Å². The van der Waals surface area contributed by atoms with Crippen molar-refractivity contribution in [2.24, 2.45) is 0 Å². The summed E-state index contributed by atoms with van der Waals surface area (Å²) in [6.07, 6.45) is 4.66. The van der Waals surface area contributed by atoms with Gasteiger partial charge in [-0.3, -0.25) is 10.1 Å². The van der Waals surface area contributed by atoms with E-state index >= 15 is 0 Å². The van der Waals surface area contributed by atoms with Crippen LogP contribution < -0.4 is 0 Å². The van der Waals surface area contributed by atoms with Crippen molar-refractivity contribution in [3.8, 4) is 39.5 Å². The molecule has 0 saturated carbocycles. The maximum Gasteiger partial charge on any atom is 0.138 e. The Bertz CT molecular complexity index is 1620. The first-order valence-electron chi connectivity index (χ1n) is 9.90. The van der Waals surface area contributed by atoms with Crippen LogP contribution in [0.1, 0.15) is 0 Å². The van der Waals surface area contributed by atoms with Crippen LogP contribution in [-0.4, -0.2) is 35.2 Å². The highest BCUT2D eigenvalue weighted by Gasteiger charge is 2.17. The molecule has 154 valence electrons. The Hall–Kier alpha value is -4.59. The number of nitrogens with zero attached hydrogens (tertiary/aromatic N) is 4. The van der Waals surface area contributed by atoms with E-state index in [2.05, 4.69) is 25.1 Å². The summed E-state index contributed by atoms with van der Waals surface area (Å²) < 4.78 is 14.4. The zero-order chi connectivity index (χ0) is 21.7. The van der Waals surface area contributed by atoms with Gasteiger partial charge in [0.05, 0.1) is 23.1 Å². The smallest absolute Gasteiger partial charge is 0.138 e. The second-order valence-electron chi connectivity index (χ2n) is 7.38. The van der Waals surface area contributed by atoms with Crippen LogP contribution in [-0.2, 0) is 0 Å². The van der Waals surface area contributed by atoms with Crippen molar-refractivity contribution in [1.82, 2.24) is 30.1 Å². The summed E-state index contributed by atoms with van der Waals surface area (Å²) in [6, 6.07) is 15.7. The van der Waals surface area contributed by atoms with Gasteiger partial charge in [-0.05, 0) is 42.0 Å². The lowest BCUT2D eigenvalue weighted by atomic mass is 10.0. The van der Waals surface area contributed by atoms with Gasteiger partial charge in [0.15, 0.2) is 0 Å². The number of hydrogen-bond donors (Lipinski definition) is 3. The molecule has 0 spiro atoms. The molecule has 3 N–H and O–H groups in total. The largest absolute Gasteiger partial charge is 0.506 e. The highest BCUT2D eigenvalue weighted by atomic mass is 19.1. The van der Waals surface area contributed by atoms with Crippen LogP contribution in [0.2, 0.25) is 0 Å². The standard InChI is InChI=1S/C24H15FN6O/c25-18-4-2-1-3-16(18)15-7-8-27-24-17(15)10-21(29-24)23-22-20(30-31-23)6-5-19(28-22)13-9-14(32)12-26-11-13/h1-12,32H,(H,27,29)(H,30,31). The number of halogens is 1. The Morgan fingerprint density at radius 3 is 2.72 bits per heavy atom. The van der Waals surface area contributed by atoms with Crippen molar-refractivity contribution in [2.45, 2.75) is 0 Å². The summed E-state index contributed by atoms with van der Waals surface area (Å²) in [5.41, 5.74) is 5.98. The van der Waals surface area contributed by atoms with Crippen LogP contribution in [0.4, 0.5) is 4.39 Å². The highest BCUT2D eigenvalue weighted by Crippen LogP contribution is 2.34. The number of aromatic nitrogens is 6. The minimum absolute atomic E-state index is 0.0687. The Balaban J connectivity index is 1.52. The van der Waals surface area contributed by atoms with E-state index in [0.717, 1.165) is 16.5 Å². The monoisotopic (exact) mass is 422 g/mol. The van der Waals surface area contributed by atoms with Crippen LogP contribution in [0.25, 0.3) is 55.8 Å². The minimum Gasteiger partial charge on any atom is -0.506 e. The minimum atomic E-state index is -0.293. The third-order valence-corrected chi connectivity index (χ3v) is 5.38. The lowest BCUT2D eigenvalue weighted by Crippen LogP contribution is -1.87. The quantitative estimate of drug-likeness (QED) is 0.369. The van der Waals surface area contributed by atoms with E-state index in [4.69, 9.17) is 4.98 Å². The molecule has 0 bridgehead atoms. The fraction of sp³-hybridized carbons (Fsp3) is 0. The Morgan fingerprint density at radius 1 is 0.938 bits per heavy atom. The average Bonchev–Trinajstić information content (AvgIpc) is 3.43. The van der Waals surface area contributed by atoms with Gasteiger partial charge in [-0.1, -0.05) is 18.2 Å². The van der Waals surface area contributed by atoms with Crippen LogP contribution in [0.5, 0.6) is 5.75 Å². The van der Waals surface area contributed by atoms with Gasteiger partial charge in [-0.2, -0.15) is 5.10 Å². The molecule has 0 aliphatic rings. The molecule has 8 heteroatoms. The molecule has 0 unspecified atom stereocenters. The normalized spacial score (nSPS) is 11.4. The van der Waals surface area contributed by atoms with Gasteiger partial charge in [0.2, 0.25) is 0 Å². The molecule has 5 heterocycles. The van der Waals surface area contributed by atoms with E-state index in [1.165, 1.54) is 12.3 Å². The lowest BCUT2D eigenvalue weighted by molar-refractivity contribution is 0.473. The Morgan fingerprint density at radius 2 is 1.84 bits per heavy atom. The number of pyridine rings is 3. The number of H-pyrrole nitrogens is 2. The zero-order valence-corrected chi connectivity index (χ0v) is 16.5. The summed E-state index contributed by atoms with van der Waals surface area (Å²) >= 11 is 0. The van der Waals surface area contributed by atoms with E-state index in [-0.39, 0.29) is 11.6 Å². The van der Waals surface area contributed by atoms with Crippen molar-refractivity contribution < 1.29 is 9.50 Å². The molecule has 0 aliphatic heterocycles. The molecule has 5 aromatic heterocycles. The number of aromatic hydroxyl groups is 1. The van der Waals surface area contributed by atoms with Crippen molar-refractivity contribution >= 4 is 22.1 Å². The maximum atomic E-state index is 14.4. The highest BCUT2D eigenvalue weighted by molar-refractivity contribution is 5.99. The van der Waals surface area contributed by atoms with Crippen LogP contribution >= 0.6 is 0 Å². The lowest BCUT2D eigenvalue weighted by Gasteiger charge is -2.04. The first kappa shape index (κ1) is 18.2. The number of benzene rings is 1. The molecule has 6 rings (SSSR count). The SMILES string of the molecule is Oc1cncc(-c2ccc3[nH]nc(-c4cc5c(-c6ccccc6F)ccnc5[nH]4)c3n2)c1. The molecular formula is C24H15FN6O. The number of nitrogens with one attached hydrogen (secondary N) is 2. The molecule has 1 aromatic carbocycles. The summed E-state index contributed by atoms with van der Waals surface area (Å²) in [5, 5.41) is 18.0. The van der Waals surface area contributed by atoms with Crippen molar-refractivity contribution in [3.05, 3.63) is 79.0 Å². The van der Waals surface area contributed by atoms with Gasteiger partial charge < -0.3 is 10.1 Å². The molecule has 0 atom stereocenters. The first-order valence-corrected chi connectivity index (χ1v) is 9.90. The topological polar surface area (TPSA) is 103 Å². The van der Waals surface area contributed by atoms with Crippen LogP contribution in [0, 0.1) is 5.82 Å². The zero-order valence-electron chi connectivity index (χ0n) is 16.5. The summed E-state index contributed by atoms with van der Waals surface area (Å²) in [4.78, 5) is 16.5. The Labute approximate surface area is 180 Å². The molecular weight excluding hydrogens is 407 g/mol. The maximum absolute atomic E-state index is 14.4. The molecule has 0 aliphatic carbocycles. The molecule has 0 radical (unpaired) electrons. The summed E-state index contributed by atoms with van der Waals surface area (Å²) in [5.74, 6) is -0.224. The first-order chi connectivity index (χ1) is 15.7. The number of rotatable bonds is 3. The predicted molar refractivity (Wildman–Crippen MR) is 119 cm³/mol. The fourth-order valence-corrected chi connectivity index (χ4v) is 3.88. The number of aromatic amines is 2. The molecule has 32 heavy (non-hydrogen) atoms. The molecule has 7 nitrogen and oxygen atoms in total. The van der Waals surface area contributed by atoms with E-state index in [0.29, 0.717) is 39.4 Å². The van der Waals surface area contributed by atoms with Gasteiger partial charge in [0.25, 0.3) is 0 Å². The van der Waals surface area contributed by atoms with Gasteiger partial charge >= 0.3 is 0 Å².